The lowest BCUT2D eigenvalue weighted by Crippen LogP contribution is -2.13. The highest BCUT2D eigenvalue weighted by atomic mass is 32.1. The molecule has 0 spiro atoms. The van der Waals surface area contributed by atoms with E-state index in [1.807, 2.05) is 0 Å². The average molecular weight is 342 g/mol. The lowest BCUT2D eigenvalue weighted by molar-refractivity contribution is -0.142. The van der Waals surface area contributed by atoms with Gasteiger partial charge >= 0.3 is 12.1 Å². The van der Waals surface area contributed by atoms with Crippen LogP contribution >= 0.6 is 11.3 Å². The molecule has 0 aliphatic carbocycles. The number of para-hydroxylation sites is 1. The number of hydrogen-bond acceptors (Lipinski definition) is 4. The summed E-state index contributed by atoms with van der Waals surface area (Å²) in [6.07, 6.45) is -3.64. The smallest absolute Gasteiger partial charge is 0.433 e. The van der Waals surface area contributed by atoms with Gasteiger partial charge in [0.1, 0.15) is 10.6 Å². The molecule has 0 bridgehead atoms. The monoisotopic (exact) mass is 342 g/mol. The Morgan fingerprint density at radius 1 is 1.35 bits per heavy atom. The summed E-state index contributed by atoms with van der Waals surface area (Å²) in [5.74, 6) is -1.17. The number of hydrogen-bond donors (Lipinski definition) is 1. The van der Waals surface area contributed by atoms with Gasteiger partial charge in [0, 0.05) is 11.8 Å². The van der Waals surface area contributed by atoms with E-state index < -0.39 is 22.7 Å². The van der Waals surface area contributed by atoms with E-state index in [-0.39, 0.29) is 10.7 Å². The molecule has 0 aliphatic rings. The van der Waals surface area contributed by atoms with E-state index in [1.54, 1.807) is 24.3 Å². The van der Waals surface area contributed by atoms with Gasteiger partial charge in [-0.05, 0) is 12.1 Å². The van der Waals surface area contributed by atoms with Gasteiger partial charge in [0.25, 0.3) is 0 Å². The summed E-state index contributed by atoms with van der Waals surface area (Å²) in [7, 11) is 1.45. The van der Waals surface area contributed by atoms with Crippen LogP contribution in [0.2, 0.25) is 0 Å². The topological polar surface area (TPSA) is 63.8 Å². The quantitative estimate of drug-likeness (QED) is 0.787. The summed E-state index contributed by atoms with van der Waals surface area (Å²) >= 11 is 0.479. The second kappa shape index (κ2) is 5.27. The zero-order valence-electron chi connectivity index (χ0n) is 11.6. The molecule has 0 amide bonds. The van der Waals surface area contributed by atoms with Crippen molar-refractivity contribution in [1.29, 1.82) is 0 Å². The molecule has 2 heterocycles. The Hall–Kier alpha value is -2.55. The highest BCUT2D eigenvalue weighted by Crippen LogP contribution is 2.39. The molecule has 5 nitrogen and oxygen atoms in total. The standard InChI is InChI=1S/C14H9F3N2O3S/c1-22-9-5-3-2-4-7(9)8-6-19-11(14(15,16)17)10(12(20)21)23-13(19)18-8/h2-6H,1H3,(H,20,21). The van der Waals surface area contributed by atoms with Crippen molar-refractivity contribution in [3.8, 4) is 17.0 Å². The summed E-state index contributed by atoms with van der Waals surface area (Å²) < 4.78 is 45.5. The number of alkyl halides is 3. The second-order valence-corrected chi connectivity index (χ2v) is 5.54. The number of fused-ring (bicyclic) bond motifs is 1. The molecule has 23 heavy (non-hydrogen) atoms. The van der Waals surface area contributed by atoms with Crippen molar-refractivity contribution in [2.75, 3.05) is 7.11 Å². The predicted octanol–water partition coefficient (Wildman–Crippen LogP) is 3.79. The van der Waals surface area contributed by atoms with Gasteiger partial charge in [0.2, 0.25) is 0 Å². The Morgan fingerprint density at radius 3 is 2.65 bits per heavy atom. The third-order valence-electron chi connectivity index (χ3n) is 3.17. The van der Waals surface area contributed by atoms with E-state index in [0.717, 1.165) is 4.40 Å². The van der Waals surface area contributed by atoms with Crippen LogP contribution in [0.25, 0.3) is 16.2 Å². The number of ether oxygens (including phenoxy) is 1. The number of nitrogens with zero attached hydrogens (tertiary/aromatic N) is 2. The fourth-order valence-electron chi connectivity index (χ4n) is 2.24. The number of methoxy groups -OCH3 is 1. The summed E-state index contributed by atoms with van der Waals surface area (Å²) in [5, 5.41) is 8.97. The van der Waals surface area contributed by atoms with Crippen molar-refractivity contribution in [2.45, 2.75) is 6.18 Å². The van der Waals surface area contributed by atoms with Crippen LogP contribution in [-0.4, -0.2) is 27.6 Å². The molecule has 0 saturated carbocycles. The lowest BCUT2D eigenvalue weighted by Gasteiger charge is -2.07. The van der Waals surface area contributed by atoms with Crippen LogP contribution in [0.4, 0.5) is 13.2 Å². The molecule has 0 radical (unpaired) electrons. The number of aromatic carboxylic acids is 1. The minimum atomic E-state index is -4.80. The summed E-state index contributed by atoms with van der Waals surface area (Å²) in [5.41, 5.74) is -0.439. The van der Waals surface area contributed by atoms with E-state index in [2.05, 4.69) is 4.98 Å². The fourth-order valence-corrected chi connectivity index (χ4v) is 3.21. The molecule has 1 aromatic carbocycles. The third kappa shape index (κ3) is 2.52. The van der Waals surface area contributed by atoms with Crippen LogP contribution in [0.3, 0.4) is 0 Å². The molecule has 2 aromatic heterocycles. The molecule has 3 rings (SSSR count). The number of benzene rings is 1. The molecule has 9 heteroatoms. The average Bonchev–Trinajstić information content (AvgIpc) is 3.03. The first-order chi connectivity index (χ1) is 10.8. The van der Waals surface area contributed by atoms with Gasteiger partial charge in [0.05, 0.1) is 12.8 Å². The van der Waals surface area contributed by atoms with Crippen LogP contribution in [0.1, 0.15) is 15.4 Å². The third-order valence-corrected chi connectivity index (χ3v) is 4.21. The van der Waals surface area contributed by atoms with Crippen LogP contribution in [-0.2, 0) is 6.18 Å². The van der Waals surface area contributed by atoms with E-state index in [0.29, 0.717) is 22.6 Å². The maximum atomic E-state index is 13.2. The Balaban J connectivity index is 2.25. The molecule has 0 fully saturated rings. The van der Waals surface area contributed by atoms with Crippen LogP contribution in [0.15, 0.2) is 30.5 Å². The first-order valence-electron chi connectivity index (χ1n) is 6.28. The van der Waals surface area contributed by atoms with Crippen molar-refractivity contribution in [1.82, 2.24) is 9.38 Å². The van der Waals surface area contributed by atoms with Crippen molar-refractivity contribution < 1.29 is 27.8 Å². The summed E-state index contributed by atoms with van der Waals surface area (Å²) in [6.45, 7) is 0. The molecule has 0 saturated heterocycles. The largest absolute Gasteiger partial charge is 0.496 e. The normalized spacial score (nSPS) is 11.8. The van der Waals surface area contributed by atoms with Crippen molar-refractivity contribution >= 4 is 22.3 Å². The SMILES string of the molecule is COc1ccccc1-c1cn2c(C(F)(F)F)c(C(=O)O)sc2n1. The van der Waals surface area contributed by atoms with Crippen molar-refractivity contribution in [3.05, 3.63) is 41.0 Å². The van der Waals surface area contributed by atoms with E-state index in [1.165, 1.54) is 13.3 Å². The molecule has 120 valence electrons. The minimum Gasteiger partial charge on any atom is -0.496 e. The molecule has 0 unspecified atom stereocenters. The number of aromatic nitrogens is 2. The number of halogens is 3. The predicted molar refractivity (Wildman–Crippen MR) is 77.0 cm³/mol. The number of carboxylic acid groups (broad SMARTS) is 1. The van der Waals surface area contributed by atoms with Gasteiger partial charge in [0.15, 0.2) is 10.7 Å². The molecule has 1 N–H and O–H groups in total. The number of rotatable bonds is 3. The number of imidazole rings is 1. The maximum absolute atomic E-state index is 13.2. The van der Waals surface area contributed by atoms with Gasteiger partial charge < -0.3 is 9.84 Å². The molecular formula is C14H9F3N2O3S. The molecule has 0 atom stereocenters. The second-order valence-electron chi connectivity index (χ2n) is 4.56. The maximum Gasteiger partial charge on any atom is 0.433 e. The number of carbonyl (C=O) groups is 1. The number of thiazole rings is 1. The zero-order chi connectivity index (χ0) is 16.8. The Kier molecular flexibility index (Phi) is 3.52. The summed E-state index contributed by atoms with van der Waals surface area (Å²) in [6, 6.07) is 6.76. The first-order valence-corrected chi connectivity index (χ1v) is 7.10. The Bertz CT molecular complexity index is 898. The van der Waals surface area contributed by atoms with Gasteiger partial charge in [-0.3, -0.25) is 4.40 Å². The van der Waals surface area contributed by atoms with Crippen molar-refractivity contribution in [3.63, 3.8) is 0 Å². The van der Waals surface area contributed by atoms with E-state index >= 15 is 0 Å². The highest BCUT2D eigenvalue weighted by molar-refractivity contribution is 7.19. The number of carboxylic acids is 1. The highest BCUT2D eigenvalue weighted by Gasteiger charge is 2.40. The van der Waals surface area contributed by atoms with Crippen LogP contribution in [0.5, 0.6) is 5.75 Å². The van der Waals surface area contributed by atoms with Crippen LogP contribution in [0, 0.1) is 0 Å². The fraction of sp³-hybridized carbons (Fsp3) is 0.143. The lowest BCUT2D eigenvalue weighted by atomic mass is 10.1. The van der Waals surface area contributed by atoms with Crippen molar-refractivity contribution in [2.24, 2.45) is 0 Å². The first kappa shape index (κ1) is 15.3. The molecule has 3 aromatic rings. The minimum absolute atomic E-state index is 0.0457. The van der Waals surface area contributed by atoms with Gasteiger partial charge in [-0.15, -0.1) is 0 Å². The zero-order valence-corrected chi connectivity index (χ0v) is 12.4. The van der Waals surface area contributed by atoms with Gasteiger partial charge in [-0.2, -0.15) is 13.2 Å². The van der Waals surface area contributed by atoms with Gasteiger partial charge in [-0.25, -0.2) is 9.78 Å². The molecule has 0 aliphatic heterocycles. The van der Waals surface area contributed by atoms with Crippen LogP contribution < -0.4 is 4.74 Å². The summed E-state index contributed by atoms with van der Waals surface area (Å²) in [4.78, 5) is 14.3. The van der Waals surface area contributed by atoms with Gasteiger partial charge in [-0.1, -0.05) is 23.5 Å². The van der Waals surface area contributed by atoms with E-state index in [9.17, 15) is 18.0 Å². The Morgan fingerprint density at radius 2 is 2.04 bits per heavy atom. The Labute approximate surface area is 131 Å². The van der Waals surface area contributed by atoms with E-state index in [4.69, 9.17) is 9.84 Å². The molecular weight excluding hydrogens is 333 g/mol.